The number of benzene rings is 2. The number of amides is 2. The number of carboxylic acid groups (broad SMARTS) is 2. The van der Waals surface area contributed by atoms with Gasteiger partial charge < -0.3 is 50.5 Å². The molecule has 0 aromatic heterocycles. The summed E-state index contributed by atoms with van der Waals surface area (Å²) in [5, 5.41) is 33.1. The Labute approximate surface area is 341 Å². The van der Waals surface area contributed by atoms with E-state index in [1.54, 1.807) is 0 Å². The molecule has 0 unspecified atom stereocenters. The molecule has 0 heterocycles. The summed E-state index contributed by atoms with van der Waals surface area (Å²) in [4.78, 5) is 71.3. The number of ether oxygens (including phenoxy) is 2. The predicted molar refractivity (Wildman–Crippen MR) is 205 cm³/mol. The number of nitrogens with one attached hydrogen (secondary N) is 4. The number of carbonyl (C=O) groups excluding carboxylic acids is 6. The minimum atomic E-state index is -1.34. The quantitative estimate of drug-likeness (QED) is 0.107. The number of rotatable bonds is 20. The molecule has 0 saturated heterocycles. The average molecular weight is 779 g/mol. The smallest absolute Gasteiger partial charge is 0.550 e. The molecule has 0 fully saturated rings. The Bertz CT molecular complexity index is 1370. The molecule has 0 saturated carbocycles. The predicted octanol–water partition coefficient (Wildman–Crippen LogP) is 0.462. The van der Waals surface area contributed by atoms with E-state index in [0.717, 1.165) is 24.0 Å². The third kappa shape index (κ3) is 23.5. The minimum absolute atomic E-state index is 0. The van der Waals surface area contributed by atoms with Crippen LogP contribution in [0.5, 0.6) is 0 Å². The fraction of sp³-hybridized carbons (Fsp3) is 0.550. The molecule has 2 rings (SSSR count). The minimum Gasteiger partial charge on any atom is -0.550 e. The van der Waals surface area contributed by atoms with Crippen molar-refractivity contribution in [3.05, 3.63) is 71.8 Å². The van der Waals surface area contributed by atoms with E-state index < -0.39 is 72.7 Å². The van der Waals surface area contributed by atoms with Crippen LogP contribution in [0.4, 0.5) is 0 Å². The second-order valence-corrected chi connectivity index (χ2v) is 15.3. The topological polar surface area (TPSA) is 215 Å². The molecular weight excluding hydrogens is 721 g/mol. The van der Waals surface area contributed by atoms with Crippen LogP contribution in [0.2, 0.25) is 0 Å². The number of hydrogen-bond acceptors (Lipinski definition) is 12. The largest absolute Gasteiger partial charge is 2.00 e. The Balaban J connectivity index is 0.00000104. The first-order chi connectivity index (χ1) is 25.2. The van der Waals surface area contributed by atoms with Crippen LogP contribution in [-0.4, -0.2) is 110 Å². The van der Waals surface area contributed by atoms with Crippen molar-refractivity contribution in [3.63, 3.8) is 0 Å². The SMILES string of the molecule is COC(=O)[C@H](Cc1ccccc1)NC(=O)[C@H](CC(=O)[O-])NCCC(C)(C)C.COC(=O)[C@H](Cc1ccccc1)NC(=O)[C@H](CC(=O)[O-])NCCC(C)(C)C.[Mg+2]. The van der Waals surface area contributed by atoms with E-state index >= 15 is 0 Å². The van der Waals surface area contributed by atoms with Gasteiger partial charge in [-0.1, -0.05) is 102 Å². The maximum absolute atomic E-state index is 12.6. The zero-order valence-electron chi connectivity index (χ0n) is 33.5. The Morgan fingerprint density at radius 1 is 0.564 bits per heavy atom. The van der Waals surface area contributed by atoms with Crippen LogP contribution >= 0.6 is 0 Å². The van der Waals surface area contributed by atoms with Gasteiger partial charge >= 0.3 is 35.0 Å². The second-order valence-electron chi connectivity index (χ2n) is 15.3. The first-order valence-electron chi connectivity index (χ1n) is 17.9. The van der Waals surface area contributed by atoms with E-state index in [0.29, 0.717) is 13.1 Å². The molecule has 2 amide bonds. The molecule has 0 bridgehead atoms. The number of aliphatic carboxylic acids is 2. The van der Waals surface area contributed by atoms with Gasteiger partial charge in [-0.05, 0) is 47.9 Å². The van der Waals surface area contributed by atoms with Crippen LogP contribution in [0.1, 0.15) is 78.4 Å². The van der Waals surface area contributed by atoms with Crippen LogP contribution in [0, 0.1) is 10.8 Å². The van der Waals surface area contributed by atoms with Gasteiger partial charge in [0.15, 0.2) is 0 Å². The molecule has 55 heavy (non-hydrogen) atoms. The summed E-state index contributed by atoms with van der Waals surface area (Å²) in [5.74, 6) is -4.99. The molecule has 4 N–H and O–H groups in total. The molecule has 2 aromatic carbocycles. The number of hydrogen-bond donors (Lipinski definition) is 4. The molecule has 15 heteroatoms. The number of carbonyl (C=O) groups is 6. The van der Waals surface area contributed by atoms with Gasteiger partial charge in [0.05, 0.1) is 26.3 Å². The van der Waals surface area contributed by atoms with E-state index in [2.05, 4.69) is 62.8 Å². The molecule has 2 aromatic rings. The standard InChI is InChI=1S/2C20H30N2O5.Mg/c2*1-20(2,3)10-11-21-15(13-17(23)24)18(25)22-16(19(26)27-4)12-14-8-6-5-7-9-14;/h2*5-9,15-16,21H,10-13H2,1-4H3,(H,22,25)(H,23,24);/q;;+2/p-2/t2*15-,16-;/m00./s1. The van der Waals surface area contributed by atoms with E-state index in [9.17, 15) is 39.0 Å². The molecule has 0 aliphatic rings. The number of esters is 2. The summed E-state index contributed by atoms with van der Waals surface area (Å²) >= 11 is 0. The normalized spacial score (nSPS) is 13.2. The summed E-state index contributed by atoms with van der Waals surface area (Å²) in [6, 6.07) is 14.6. The van der Waals surface area contributed by atoms with Crippen molar-refractivity contribution >= 4 is 58.7 Å². The van der Waals surface area contributed by atoms with Gasteiger partial charge in [-0.25, -0.2) is 9.59 Å². The van der Waals surface area contributed by atoms with Gasteiger partial charge in [-0.3, -0.25) is 9.59 Å². The number of methoxy groups -OCH3 is 2. The van der Waals surface area contributed by atoms with Crippen molar-refractivity contribution < 1.29 is 48.5 Å². The number of carboxylic acids is 2. The molecule has 4 atom stereocenters. The third-order valence-corrected chi connectivity index (χ3v) is 8.08. The maximum Gasteiger partial charge on any atom is 2.00 e. The third-order valence-electron chi connectivity index (χ3n) is 8.08. The van der Waals surface area contributed by atoms with Crippen LogP contribution in [-0.2, 0) is 51.1 Å². The van der Waals surface area contributed by atoms with Crippen molar-refractivity contribution in [1.82, 2.24) is 21.3 Å². The first-order valence-corrected chi connectivity index (χ1v) is 17.9. The molecule has 0 spiro atoms. The first kappa shape index (κ1) is 50.9. The summed E-state index contributed by atoms with van der Waals surface area (Å²) in [6.45, 7) is 13.2. The summed E-state index contributed by atoms with van der Waals surface area (Å²) < 4.78 is 9.54. The molecular formula is C40H58MgN4O10. The van der Waals surface area contributed by atoms with Crippen LogP contribution < -0.4 is 31.5 Å². The molecule has 300 valence electrons. The molecule has 0 aliphatic carbocycles. The van der Waals surface area contributed by atoms with Crippen molar-refractivity contribution in [1.29, 1.82) is 0 Å². The van der Waals surface area contributed by atoms with Gasteiger partial charge in [-0.2, -0.15) is 0 Å². The maximum atomic E-state index is 12.6. The Morgan fingerprint density at radius 3 is 1.13 bits per heavy atom. The van der Waals surface area contributed by atoms with Gasteiger partial charge in [0.25, 0.3) is 0 Å². The fourth-order valence-electron chi connectivity index (χ4n) is 5.01. The average Bonchev–Trinajstić information content (AvgIpc) is 3.09. The van der Waals surface area contributed by atoms with E-state index in [1.807, 2.05) is 60.7 Å². The van der Waals surface area contributed by atoms with Gasteiger partial charge in [0, 0.05) is 37.6 Å². The molecule has 14 nitrogen and oxygen atoms in total. The van der Waals surface area contributed by atoms with Crippen molar-refractivity contribution in [3.8, 4) is 0 Å². The summed E-state index contributed by atoms with van der Waals surface area (Å²) in [7, 11) is 2.49. The van der Waals surface area contributed by atoms with Crippen molar-refractivity contribution in [2.75, 3.05) is 27.3 Å². The summed E-state index contributed by atoms with van der Waals surface area (Å²) in [5.41, 5.74) is 1.78. The van der Waals surface area contributed by atoms with E-state index in [1.165, 1.54) is 14.2 Å². The Morgan fingerprint density at radius 2 is 0.873 bits per heavy atom. The van der Waals surface area contributed by atoms with Gasteiger partial charge in [0.2, 0.25) is 11.8 Å². The Hall–Kier alpha value is -4.05. The zero-order chi connectivity index (χ0) is 40.9. The van der Waals surface area contributed by atoms with Crippen LogP contribution in [0.25, 0.3) is 0 Å². The van der Waals surface area contributed by atoms with Crippen LogP contribution in [0.15, 0.2) is 60.7 Å². The van der Waals surface area contributed by atoms with E-state index in [-0.39, 0.29) is 46.7 Å². The zero-order valence-corrected chi connectivity index (χ0v) is 34.9. The molecule has 0 aliphatic heterocycles. The Kier molecular flexibility index (Phi) is 24.0. The van der Waals surface area contributed by atoms with E-state index in [4.69, 9.17) is 9.47 Å². The van der Waals surface area contributed by atoms with Gasteiger partial charge in [0.1, 0.15) is 12.1 Å². The van der Waals surface area contributed by atoms with Crippen molar-refractivity contribution in [2.45, 2.75) is 104 Å². The second kappa shape index (κ2) is 25.9. The molecule has 0 radical (unpaired) electrons. The van der Waals surface area contributed by atoms with Gasteiger partial charge in [-0.15, -0.1) is 0 Å². The van der Waals surface area contributed by atoms with Crippen molar-refractivity contribution in [2.24, 2.45) is 10.8 Å². The van der Waals surface area contributed by atoms with Crippen LogP contribution in [0.3, 0.4) is 0 Å². The fourth-order valence-corrected chi connectivity index (χ4v) is 5.01. The summed E-state index contributed by atoms with van der Waals surface area (Å²) in [6.07, 6.45) is 1.06. The monoisotopic (exact) mass is 778 g/mol.